The molecule has 0 N–H and O–H groups in total. The lowest BCUT2D eigenvalue weighted by Crippen LogP contribution is -2.34. The fraction of sp³-hybridized carbons (Fsp3) is 0.348. The van der Waals surface area contributed by atoms with Crippen LogP contribution < -0.4 is 9.63 Å². The van der Waals surface area contributed by atoms with Crippen LogP contribution in [0, 0.1) is 32.0 Å². The summed E-state index contributed by atoms with van der Waals surface area (Å²) in [6.45, 7) is 8.66. The van der Waals surface area contributed by atoms with Gasteiger partial charge in [-0.2, -0.15) is 4.73 Å². The number of hydrogen-bond acceptors (Lipinski definition) is 2. The average molecular weight is 345 g/mol. The topological polar surface area (TPSA) is 30.2 Å². The highest BCUT2D eigenvalue weighted by Crippen LogP contribution is 2.34. The standard InChI is InChI=1S/C23H25N2O/c1-16-13-17(2)23(18(3)14-16)20-8-11-24(12-9-20)21-7-6-19-5-4-10-25(26)22(19)15-21/h4-6,10,13-15,20H,8-9,11-12H2,1-3H3. The van der Waals surface area contributed by atoms with E-state index in [0.717, 1.165) is 41.7 Å². The molecule has 1 aliphatic rings. The fourth-order valence-electron chi connectivity index (χ4n) is 4.54. The molecule has 1 saturated heterocycles. The largest absolute Gasteiger partial charge is 0.618 e. The van der Waals surface area contributed by atoms with Gasteiger partial charge in [0.1, 0.15) is 0 Å². The number of aromatic nitrogens is 1. The van der Waals surface area contributed by atoms with Gasteiger partial charge >= 0.3 is 0 Å². The molecule has 0 bridgehead atoms. The van der Waals surface area contributed by atoms with Crippen LogP contribution in [0.25, 0.3) is 10.9 Å². The second kappa shape index (κ2) is 6.64. The summed E-state index contributed by atoms with van der Waals surface area (Å²) in [4.78, 5) is 2.36. The van der Waals surface area contributed by atoms with Crippen LogP contribution in [0.15, 0.2) is 42.6 Å². The maximum Gasteiger partial charge on any atom is 0.225 e. The second-order valence-corrected chi connectivity index (χ2v) is 7.57. The summed E-state index contributed by atoms with van der Waals surface area (Å²) < 4.78 is 0.943. The molecule has 0 saturated carbocycles. The van der Waals surface area contributed by atoms with Crippen LogP contribution >= 0.6 is 0 Å². The predicted octanol–water partition coefficient (Wildman–Crippen LogP) is 4.58. The summed E-state index contributed by atoms with van der Waals surface area (Å²) in [5, 5.41) is 13.0. The minimum atomic E-state index is 0.622. The zero-order valence-corrected chi connectivity index (χ0v) is 15.7. The van der Waals surface area contributed by atoms with E-state index in [1.807, 2.05) is 18.2 Å². The SMILES string of the molecule is Cc1cc(C)c(C2CCN(c3[c]cc4ccc[n+]([O-])c4c3)CC2)c(C)c1. The Balaban J connectivity index is 1.55. The first kappa shape index (κ1) is 16.9. The van der Waals surface area contributed by atoms with Gasteiger partial charge in [0.25, 0.3) is 0 Å². The molecule has 3 nitrogen and oxygen atoms in total. The Hall–Kier alpha value is -2.55. The van der Waals surface area contributed by atoms with Crippen molar-refractivity contribution in [3.05, 3.63) is 76.1 Å². The molecule has 1 aromatic heterocycles. The van der Waals surface area contributed by atoms with E-state index in [0.29, 0.717) is 11.4 Å². The predicted molar refractivity (Wildman–Crippen MR) is 107 cm³/mol. The van der Waals surface area contributed by atoms with Gasteiger partial charge in [0.2, 0.25) is 5.52 Å². The van der Waals surface area contributed by atoms with Gasteiger partial charge in [0.15, 0.2) is 6.20 Å². The molecule has 0 aliphatic carbocycles. The van der Waals surface area contributed by atoms with E-state index < -0.39 is 0 Å². The van der Waals surface area contributed by atoms with E-state index >= 15 is 0 Å². The zero-order valence-electron chi connectivity index (χ0n) is 15.7. The Morgan fingerprint density at radius 3 is 2.46 bits per heavy atom. The Kier molecular flexibility index (Phi) is 4.31. The molecule has 0 atom stereocenters. The number of anilines is 1. The van der Waals surface area contributed by atoms with E-state index in [4.69, 9.17) is 0 Å². The van der Waals surface area contributed by atoms with Crippen LogP contribution in [0.1, 0.15) is 41.0 Å². The van der Waals surface area contributed by atoms with Crippen molar-refractivity contribution in [1.29, 1.82) is 0 Å². The van der Waals surface area contributed by atoms with Crippen LogP contribution in [0.2, 0.25) is 0 Å². The average Bonchev–Trinajstić information content (AvgIpc) is 2.62. The van der Waals surface area contributed by atoms with Crippen molar-refractivity contribution in [2.24, 2.45) is 0 Å². The molecule has 3 aromatic rings. The number of rotatable bonds is 2. The van der Waals surface area contributed by atoms with E-state index in [1.165, 1.54) is 22.3 Å². The molecular formula is C23H25N2O. The third-order valence-electron chi connectivity index (χ3n) is 5.66. The number of pyridine rings is 1. The lowest BCUT2D eigenvalue weighted by atomic mass is 9.83. The summed E-state index contributed by atoms with van der Waals surface area (Å²) in [5.41, 5.74) is 7.47. The number of hydrogen-bond donors (Lipinski definition) is 0. The molecule has 2 aromatic carbocycles. The Bertz CT molecular complexity index is 933. The smallest absolute Gasteiger partial charge is 0.225 e. The molecule has 3 heteroatoms. The normalized spacial score (nSPS) is 15.6. The highest BCUT2D eigenvalue weighted by atomic mass is 16.5. The van der Waals surface area contributed by atoms with Gasteiger partial charge in [-0.15, -0.1) is 0 Å². The fourth-order valence-corrected chi connectivity index (χ4v) is 4.54. The van der Waals surface area contributed by atoms with Crippen molar-refractivity contribution in [3.63, 3.8) is 0 Å². The molecule has 0 spiro atoms. The van der Waals surface area contributed by atoms with Crippen molar-refractivity contribution >= 4 is 16.6 Å². The first-order chi connectivity index (χ1) is 12.5. The van der Waals surface area contributed by atoms with Gasteiger partial charge in [-0.05, 0) is 68.4 Å². The van der Waals surface area contributed by atoms with E-state index in [9.17, 15) is 5.21 Å². The zero-order chi connectivity index (χ0) is 18.3. The second-order valence-electron chi connectivity index (χ2n) is 7.57. The van der Waals surface area contributed by atoms with Crippen LogP contribution in [0.3, 0.4) is 0 Å². The van der Waals surface area contributed by atoms with Gasteiger partial charge < -0.3 is 10.1 Å². The van der Waals surface area contributed by atoms with Gasteiger partial charge in [-0.25, -0.2) is 0 Å². The molecule has 2 heterocycles. The van der Waals surface area contributed by atoms with Crippen molar-refractivity contribution in [2.75, 3.05) is 18.0 Å². The van der Waals surface area contributed by atoms with E-state index in [2.05, 4.69) is 43.9 Å². The number of nitrogens with zero attached hydrogens (tertiary/aromatic N) is 2. The van der Waals surface area contributed by atoms with Crippen molar-refractivity contribution in [3.8, 4) is 0 Å². The van der Waals surface area contributed by atoms with Crippen LogP contribution in [-0.4, -0.2) is 13.1 Å². The molecule has 0 unspecified atom stereocenters. The van der Waals surface area contributed by atoms with Gasteiger partial charge in [0, 0.05) is 36.7 Å². The highest BCUT2D eigenvalue weighted by molar-refractivity contribution is 5.79. The molecule has 26 heavy (non-hydrogen) atoms. The molecule has 0 amide bonds. The molecule has 4 rings (SSSR count). The maximum absolute atomic E-state index is 12.0. The third kappa shape index (κ3) is 3.03. The monoisotopic (exact) mass is 345 g/mol. The number of piperidine rings is 1. The lowest BCUT2D eigenvalue weighted by molar-refractivity contribution is -0.576. The summed E-state index contributed by atoms with van der Waals surface area (Å²) in [6.07, 6.45) is 3.84. The highest BCUT2D eigenvalue weighted by Gasteiger charge is 2.24. The molecule has 1 fully saturated rings. The Morgan fingerprint density at radius 2 is 1.77 bits per heavy atom. The van der Waals surface area contributed by atoms with Gasteiger partial charge in [-0.1, -0.05) is 17.7 Å². The summed E-state index contributed by atoms with van der Waals surface area (Å²) in [5.74, 6) is 0.622. The van der Waals surface area contributed by atoms with E-state index in [1.54, 1.807) is 12.3 Å². The van der Waals surface area contributed by atoms with Crippen molar-refractivity contribution in [2.45, 2.75) is 39.5 Å². The van der Waals surface area contributed by atoms with Gasteiger partial charge in [-0.3, -0.25) is 0 Å². The molecule has 133 valence electrons. The number of fused-ring (bicyclic) bond motifs is 1. The van der Waals surface area contributed by atoms with Crippen molar-refractivity contribution in [1.82, 2.24) is 0 Å². The van der Waals surface area contributed by atoms with Gasteiger partial charge in [0.05, 0.1) is 5.69 Å². The number of benzene rings is 2. The summed E-state index contributed by atoms with van der Waals surface area (Å²) in [6, 6.07) is 15.6. The number of aryl methyl sites for hydroxylation is 3. The Morgan fingerprint density at radius 1 is 1.08 bits per heavy atom. The summed E-state index contributed by atoms with van der Waals surface area (Å²) in [7, 11) is 0. The van der Waals surface area contributed by atoms with E-state index in [-0.39, 0.29) is 0 Å². The van der Waals surface area contributed by atoms with Crippen LogP contribution in [0.5, 0.6) is 0 Å². The first-order valence-corrected chi connectivity index (χ1v) is 9.39. The lowest BCUT2D eigenvalue weighted by Gasteiger charge is -2.35. The summed E-state index contributed by atoms with van der Waals surface area (Å²) >= 11 is 0. The molecular weight excluding hydrogens is 320 g/mol. The molecule has 1 aliphatic heterocycles. The minimum Gasteiger partial charge on any atom is -0.618 e. The Labute approximate surface area is 155 Å². The van der Waals surface area contributed by atoms with Crippen molar-refractivity contribution < 1.29 is 4.73 Å². The quantitative estimate of drug-likeness (QED) is 0.502. The first-order valence-electron chi connectivity index (χ1n) is 9.39. The molecule has 1 radical (unpaired) electrons. The van der Waals surface area contributed by atoms with Crippen LogP contribution in [0.4, 0.5) is 5.69 Å². The van der Waals surface area contributed by atoms with Crippen LogP contribution in [-0.2, 0) is 0 Å². The maximum atomic E-state index is 12.0. The minimum absolute atomic E-state index is 0.622. The third-order valence-corrected chi connectivity index (χ3v) is 5.66.